The molecule has 1 amide bonds. The summed E-state index contributed by atoms with van der Waals surface area (Å²) in [5.41, 5.74) is 3.52. The summed E-state index contributed by atoms with van der Waals surface area (Å²) in [6.07, 6.45) is 3.43. The quantitative estimate of drug-likeness (QED) is 0.398. The maximum Gasteiger partial charge on any atom is 0.237 e. The molecule has 2 heterocycles. The van der Waals surface area contributed by atoms with Gasteiger partial charge < -0.3 is 5.32 Å². The zero-order chi connectivity index (χ0) is 21.8. The van der Waals surface area contributed by atoms with Gasteiger partial charge in [0.25, 0.3) is 0 Å². The number of nitrogens with zero attached hydrogens (tertiary/aromatic N) is 4. The number of aryl methyl sites for hydroxylation is 1. The van der Waals surface area contributed by atoms with E-state index in [0.29, 0.717) is 16.0 Å². The van der Waals surface area contributed by atoms with Gasteiger partial charge in [0.15, 0.2) is 11.0 Å². The minimum Gasteiger partial charge on any atom is -0.325 e. The molecule has 1 atom stereocenters. The van der Waals surface area contributed by atoms with Crippen LogP contribution >= 0.6 is 23.4 Å². The van der Waals surface area contributed by atoms with E-state index in [1.54, 1.807) is 12.4 Å². The molecule has 2 aromatic carbocycles. The molecule has 0 spiro atoms. The Morgan fingerprint density at radius 3 is 2.61 bits per heavy atom. The summed E-state index contributed by atoms with van der Waals surface area (Å²) in [7, 11) is 0. The van der Waals surface area contributed by atoms with E-state index in [1.807, 2.05) is 79.1 Å². The van der Waals surface area contributed by atoms with Crippen LogP contribution in [-0.4, -0.2) is 30.9 Å². The van der Waals surface area contributed by atoms with Crippen molar-refractivity contribution in [1.29, 1.82) is 0 Å². The van der Waals surface area contributed by atoms with Crippen LogP contribution in [0.1, 0.15) is 12.5 Å². The summed E-state index contributed by atoms with van der Waals surface area (Å²) >= 11 is 7.56. The lowest BCUT2D eigenvalue weighted by Gasteiger charge is -2.14. The lowest BCUT2D eigenvalue weighted by Crippen LogP contribution is -2.22. The van der Waals surface area contributed by atoms with Crippen molar-refractivity contribution in [3.8, 4) is 17.1 Å². The van der Waals surface area contributed by atoms with Crippen LogP contribution in [0.2, 0.25) is 5.02 Å². The van der Waals surface area contributed by atoms with Gasteiger partial charge in [0.1, 0.15) is 0 Å². The predicted molar refractivity (Wildman–Crippen MR) is 125 cm³/mol. The van der Waals surface area contributed by atoms with Gasteiger partial charge >= 0.3 is 0 Å². The Bertz CT molecular complexity index is 1190. The maximum absolute atomic E-state index is 12.8. The highest BCUT2D eigenvalue weighted by molar-refractivity contribution is 8.00. The standard InChI is InChI=1S/C23H20ClN5OS/c1-15-8-10-19(11-9-15)26-22(30)16(2)31-23-28-27-21(17-5-4-12-25-14-17)29(23)20-7-3-6-18(24)13-20/h3-14,16H,1-2H3,(H,26,30)/t16-/m0/s1. The lowest BCUT2D eigenvalue weighted by molar-refractivity contribution is -0.115. The monoisotopic (exact) mass is 449 g/mol. The molecule has 4 rings (SSSR count). The smallest absolute Gasteiger partial charge is 0.237 e. The largest absolute Gasteiger partial charge is 0.325 e. The van der Waals surface area contributed by atoms with Crippen molar-refractivity contribution in [2.75, 3.05) is 5.32 Å². The Kier molecular flexibility index (Phi) is 6.34. The van der Waals surface area contributed by atoms with Crippen molar-refractivity contribution in [3.63, 3.8) is 0 Å². The van der Waals surface area contributed by atoms with Crippen LogP contribution in [0.25, 0.3) is 17.1 Å². The minimum absolute atomic E-state index is 0.113. The molecule has 6 nitrogen and oxygen atoms in total. The third kappa shape index (κ3) is 4.95. The van der Waals surface area contributed by atoms with E-state index in [2.05, 4.69) is 20.5 Å². The first-order valence-corrected chi connectivity index (χ1v) is 10.9. The van der Waals surface area contributed by atoms with Crippen molar-refractivity contribution in [2.45, 2.75) is 24.3 Å². The molecule has 2 aromatic heterocycles. The van der Waals surface area contributed by atoms with Gasteiger partial charge in [0.05, 0.1) is 10.9 Å². The number of thioether (sulfide) groups is 1. The molecule has 0 aliphatic carbocycles. The van der Waals surface area contributed by atoms with Gasteiger partial charge in [0.2, 0.25) is 5.91 Å². The highest BCUT2D eigenvalue weighted by Crippen LogP contribution is 2.31. The maximum atomic E-state index is 12.8. The zero-order valence-electron chi connectivity index (χ0n) is 17.0. The van der Waals surface area contributed by atoms with Crippen LogP contribution in [0.5, 0.6) is 0 Å². The van der Waals surface area contributed by atoms with Crippen LogP contribution in [0.4, 0.5) is 5.69 Å². The van der Waals surface area contributed by atoms with Gasteiger partial charge in [-0.1, -0.05) is 47.1 Å². The van der Waals surface area contributed by atoms with Gasteiger partial charge in [-0.05, 0) is 56.3 Å². The normalized spacial score (nSPS) is 11.8. The highest BCUT2D eigenvalue weighted by Gasteiger charge is 2.22. The molecular formula is C23H20ClN5OS. The molecule has 0 radical (unpaired) electrons. The summed E-state index contributed by atoms with van der Waals surface area (Å²) in [6, 6.07) is 18.9. The van der Waals surface area contributed by atoms with E-state index in [4.69, 9.17) is 11.6 Å². The summed E-state index contributed by atoms with van der Waals surface area (Å²) in [6.45, 7) is 3.85. The summed E-state index contributed by atoms with van der Waals surface area (Å²) in [5.74, 6) is 0.515. The number of pyridine rings is 1. The third-order valence-corrected chi connectivity index (χ3v) is 5.87. The van der Waals surface area contributed by atoms with Crippen LogP contribution in [0.3, 0.4) is 0 Å². The Morgan fingerprint density at radius 1 is 1.10 bits per heavy atom. The first-order valence-electron chi connectivity index (χ1n) is 9.67. The Morgan fingerprint density at radius 2 is 1.90 bits per heavy atom. The molecular weight excluding hydrogens is 430 g/mol. The van der Waals surface area contributed by atoms with Gasteiger partial charge in [-0.3, -0.25) is 14.3 Å². The van der Waals surface area contributed by atoms with Crippen molar-refractivity contribution in [1.82, 2.24) is 19.7 Å². The molecule has 0 aliphatic heterocycles. The molecule has 0 bridgehead atoms. The number of hydrogen-bond donors (Lipinski definition) is 1. The number of nitrogens with one attached hydrogen (secondary N) is 1. The average molecular weight is 450 g/mol. The average Bonchev–Trinajstić information content (AvgIpc) is 3.19. The fourth-order valence-corrected chi connectivity index (χ4v) is 4.02. The molecule has 4 aromatic rings. The summed E-state index contributed by atoms with van der Waals surface area (Å²) < 4.78 is 1.89. The van der Waals surface area contributed by atoms with Crippen LogP contribution < -0.4 is 5.32 Å². The van der Waals surface area contributed by atoms with E-state index >= 15 is 0 Å². The molecule has 156 valence electrons. The number of benzene rings is 2. The van der Waals surface area contributed by atoms with E-state index < -0.39 is 5.25 Å². The molecule has 1 N–H and O–H groups in total. The van der Waals surface area contributed by atoms with Gasteiger partial charge in [-0.2, -0.15) is 0 Å². The zero-order valence-corrected chi connectivity index (χ0v) is 18.6. The third-order valence-electron chi connectivity index (χ3n) is 4.59. The summed E-state index contributed by atoms with van der Waals surface area (Å²) in [4.78, 5) is 16.9. The lowest BCUT2D eigenvalue weighted by atomic mass is 10.2. The second-order valence-corrected chi connectivity index (χ2v) is 8.72. The van der Waals surface area contributed by atoms with E-state index in [9.17, 15) is 4.79 Å². The van der Waals surface area contributed by atoms with Gasteiger partial charge in [0, 0.05) is 28.7 Å². The minimum atomic E-state index is -0.398. The second-order valence-electron chi connectivity index (χ2n) is 6.98. The van der Waals surface area contributed by atoms with Crippen molar-refractivity contribution in [2.24, 2.45) is 0 Å². The predicted octanol–water partition coefficient (Wildman–Crippen LogP) is 5.41. The fourth-order valence-electron chi connectivity index (χ4n) is 2.97. The number of aromatic nitrogens is 4. The second kappa shape index (κ2) is 9.32. The van der Waals surface area contributed by atoms with Gasteiger partial charge in [-0.25, -0.2) is 0 Å². The Labute approximate surface area is 189 Å². The van der Waals surface area contributed by atoms with Crippen LogP contribution in [-0.2, 0) is 4.79 Å². The van der Waals surface area contributed by atoms with Crippen LogP contribution in [0, 0.1) is 6.92 Å². The fraction of sp³-hybridized carbons (Fsp3) is 0.130. The first-order chi connectivity index (χ1) is 15.0. The number of rotatable bonds is 6. The van der Waals surface area contributed by atoms with Crippen molar-refractivity contribution < 1.29 is 4.79 Å². The topological polar surface area (TPSA) is 72.7 Å². The van der Waals surface area contributed by atoms with Crippen molar-refractivity contribution >= 4 is 35.0 Å². The van der Waals surface area contributed by atoms with Crippen molar-refractivity contribution in [3.05, 3.63) is 83.6 Å². The highest BCUT2D eigenvalue weighted by atomic mass is 35.5. The van der Waals surface area contributed by atoms with Gasteiger partial charge in [-0.15, -0.1) is 10.2 Å². The number of carbonyl (C=O) groups excluding carboxylic acids is 1. The number of anilines is 1. The molecule has 0 fully saturated rings. The molecule has 8 heteroatoms. The SMILES string of the molecule is Cc1ccc(NC(=O)[C@H](C)Sc2nnc(-c3cccnc3)n2-c2cccc(Cl)c2)cc1. The first kappa shape index (κ1) is 21.1. The number of halogens is 1. The van der Waals surface area contributed by atoms with Crippen LogP contribution in [0.15, 0.2) is 78.2 Å². The van der Waals surface area contributed by atoms with E-state index in [0.717, 1.165) is 22.5 Å². The Balaban J connectivity index is 1.64. The molecule has 31 heavy (non-hydrogen) atoms. The van der Waals surface area contributed by atoms with E-state index in [1.165, 1.54) is 11.8 Å². The Hall–Kier alpha value is -3.16. The number of hydrogen-bond acceptors (Lipinski definition) is 5. The molecule has 0 saturated carbocycles. The van der Waals surface area contributed by atoms with E-state index in [-0.39, 0.29) is 5.91 Å². The molecule has 0 aliphatic rings. The number of carbonyl (C=O) groups is 1. The molecule has 0 saturated heterocycles. The molecule has 0 unspecified atom stereocenters. The number of amides is 1. The summed E-state index contributed by atoms with van der Waals surface area (Å²) in [5, 5.41) is 12.5.